The van der Waals surface area contributed by atoms with Gasteiger partial charge in [0.25, 0.3) is 5.91 Å². The Kier molecular flexibility index (Phi) is 6.38. The highest BCUT2D eigenvalue weighted by atomic mass is 32.2. The van der Waals surface area contributed by atoms with Crippen molar-refractivity contribution in [3.63, 3.8) is 0 Å². The SMILES string of the molecule is COc1ccc(-c2cc(CCCN)c(/C=C3\SC(=S)N(C4C5CC6CC(C5)CC4C6)C3=O)o2)c(O)c1. The molecule has 2 heterocycles. The summed E-state index contributed by atoms with van der Waals surface area (Å²) < 4.78 is 12.1. The molecule has 8 heteroatoms. The van der Waals surface area contributed by atoms with Gasteiger partial charge in [0.2, 0.25) is 0 Å². The van der Waals surface area contributed by atoms with Crippen molar-refractivity contribution in [2.45, 2.75) is 51.0 Å². The second kappa shape index (κ2) is 9.54. The Morgan fingerprint density at radius 2 is 1.92 bits per heavy atom. The number of hydrogen-bond donors (Lipinski definition) is 2. The predicted octanol–water partition coefficient (Wildman–Crippen LogP) is 5.58. The minimum Gasteiger partial charge on any atom is -0.507 e. The van der Waals surface area contributed by atoms with Crippen LogP contribution in [0.25, 0.3) is 17.4 Å². The number of nitrogens with zero attached hydrogens (tertiary/aromatic N) is 1. The minimum absolute atomic E-state index is 0.0116. The first-order valence-corrected chi connectivity index (χ1v) is 14.1. The van der Waals surface area contributed by atoms with Crippen LogP contribution in [0.4, 0.5) is 0 Å². The number of phenolic OH excluding ortho intramolecular Hbond substituents is 1. The zero-order chi connectivity index (χ0) is 25.0. The van der Waals surface area contributed by atoms with Crippen molar-refractivity contribution in [2.75, 3.05) is 13.7 Å². The number of hydrogen-bond acceptors (Lipinski definition) is 7. The van der Waals surface area contributed by atoms with E-state index >= 15 is 0 Å². The molecule has 4 aliphatic carbocycles. The Balaban J connectivity index is 1.30. The van der Waals surface area contributed by atoms with Gasteiger partial charge in [-0.25, -0.2) is 0 Å². The van der Waals surface area contributed by atoms with Gasteiger partial charge in [-0.05, 0) is 98.9 Å². The topological polar surface area (TPSA) is 88.9 Å². The number of furan rings is 1. The maximum Gasteiger partial charge on any atom is 0.266 e. The lowest BCUT2D eigenvalue weighted by molar-refractivity contribution is -0.130. The van der Waals surface area contributed by atoms with Crippen molar-refractivity contribution in [3.8, 4) is 22.8 Å². The number of thiocarbonyl (C=S) groups is 1. The molecule has 5 fully saturated rings. The van der Waals surface area contributed by atoms with Gasteiger partial charge in [0.1, 0.15) is 27.3 Å². The maximum absolute atomic E-state index is 13.7. The number of rotatable bonds is 7. The molecule has 4 saturated carbocycles. The van der Waals surface area contributed by atoms with E-state index in [2.05, 4.69) is 0 Å². The van der Waals surface area contributed by atoms with Gasteiger partial charge in [0.15, 0.2) is 0 Å². The number of carbonyl (C=O) groups excluding carboxylic acids is 1. The van der Waals surface area contributed by atoms with Crippen LogP contribution >= 0.6 is 24.0 Å². The van der Waals surface area contributed by atoms with Crippen molar-refractivity contribution in [1.29, 1.82) is 0 Å². The number of aryl methyl sites for hydroxylation is 1. The van der Waals surface area contributed by atoms with E-state index in [-0.39, 0.29) is 17.7 Å². The Morgan fingerprint density at radius 1 is 1.19 bits per heavy atom. The maximum atomic E-state index is 13.7. The average Bonchev–Trinajstić information content (AvgIpc) is 3.37. The average molecular weight is 525 g/mol. The summed E-state index contributed by atoms with van der Waals surface area (Å²) in [5.74, 6) is 4.68. The molecule has 36 heavy (non-hydrogen) atoms. The van der Waals surface area contributed by atoms with Gasteiger partial charge in [0.05, 0.1) is 17.6 Å². The lowest BCUT2D eigenvalue weighted by Gasteiger charge is -2.56. The van der Waals surface area contributed by atoms with Gasteiger partial charge in [-0.3, -0.25) is 9.69 Å². The Morgan fingerprint density at radius 3 is 2.56 bits per heavy atom. The summed E-state index contributed by atoms with van der Waals surface area (Å²) in [6.07, 6.45) is 9.70. The van der Waals surface area contributed by atoms with Crippen LogP contribution in [0.15, 0.2) is 33.6 Å². The minimum atomic E-state index is 0.0116. The molecule has 0 unspecified atom stereocenters. The van der Waals surface area contributed by atoms with Crippen LogP contribution in [0.1, 0.15) is 49.8 Å². The van der Waals surface area contributed by atoms with Crippen LogP contribution in [-0.4, -0.2) is 39.9 Å². The van der Waals surface area contributed by atoms with E-state index in [1.807, 2.05) is 17.0 Å². The van der Waals surface area contributed by atoms with Gasteiger partial charge in [-0.1, -0.05) is 24.0 Å². The standard InChI is InChI=1S/C28H32N2O4S2/c1-33-20-4-5-21(22(31)13-20)24-12-17(3-2-6-29)23(34-24)14-25-27(32)30(28(35)36-25)26-18-8-15-7-16(10-18)11-19(26)9-15/h4-5,12-16,18-19,26,31H,2-3,6-11,29H2,1H3/b25-14-. The number of amides is 1. The van der Waals surface area contributed by atoms with Crippen LogP contribution in [-0.2, 0) is 11.2 Å². The Hall–Kier alpha value is -2.29. The fourth-order valence-corrected chi connectivity index (χ4v) is 8.52. The Bertz CT molecular complexity index is 1210. The van der Waals surface area contributed by atoms with Gasteiger partial charge < -0.3 is 20.0 Å². The molecule has 5 aliphatic rings. The summed E-state index contributed by atoms with van der Waals surface area (Å²) in [5.41, 5.74) is 7.32. The summed E-state index contributed by atoms with van der Waals surface area (Å²) in [6, 6.07) is 7.30. The van der Waals surface area contributed by atoms with Crippen molar-refractivity contribution < 1.29 is 19.1 Å². The summed E-state index contributed by atoms with van der Waals surface area (Å²) in [7, 11) is 1.56. The van der Waals surface area contributed by atoms with E-state index in [0.717, 1.165) is 30.2 Å². The first kappa shape index (κ1) is 24.1. The summed E-state index contributed by atoms with van der Waals surface area (Å²) in [5, 5.41) is 10.5. The van der Waals surface area contributed by atoms with E-state index in [1.165, 1.54) is 43.9 Å². The second-order valence-electron chi connectivity index (χ2n) is 10.7. The number of thioether (sulfide) groups is 1. The summed E-state index contributed by atoms with van der Waals surface area (Å²) in [6.45, 7) is 0.558. The number of benzene rings is 1. The molecule has 1 amide bonds. The molecule has 1 saturated heterocycles. The number of methoxy groups -OCH3 is 1. The van der Waals surface area contributed by atoms with Crippen molar-refractivity contribution >= 4 is 40.3 Å². The van der Waals surface area contributed by atoms with Crippen molar-refractivity contribution in [2.24, 2.45) is 29.4 Å². The van der Waals surface area contributed by atoms with Gasteiger partial charge in [-0.15, -0.1) is 0 Å². The fourth-order valence-electron chi connectivity index (χ4n) is 7.21. The number of nitrogens with two attached hydrogens (primary N) is 1. The molecule has 3 N–H and O–H groups in total. The predicted molar refractivity (Wildman–Crippen MR) is 146 cm³/mol. The third-order valence-electron chi connectivity index (χ3n) is 8.52. The van der Waals surface area contributed by atoms with Crippen LogP contribution in [0.5, 0.6) is 11.5 Å². The smallest absolute Gasteiger partial charge is 0.266 e. The molecule has 0 atom stereocenters. The summed E-state index contributed by atoms with van der Waals surface area (Å²) >= 11 is 7.16. The zero-order valence-electron chi connectivity index (χ0n) is 20.4. The molecule has 7 rings (SSSR count). The van der Waals surface area contributed by atoms with E-state index in [4.69, 9.17) is 27.1 Å². The molecule has 4 bridgehead atoms. The normalized spacial score (nSPS) is 30.1. The molecular weight excluding hydrogens is 492 g/mol. The highest BCUT2D eigenvalue weighted by Gasteiger charge is 2.53. The number of phenols is 1. The first-order chi connectivity index (χ1) is 17.4. The number of carbonyl (C=O) groups is 1. The highest BCUT2D eigenvalue weighted by molar-refractivity contribution is 8.26. The molecule has 2 aromatic rings. The van der Waals surface area contributed by atoms with E-state index in [9.17, 15) is 9.90 Å². The largest absolute Gasteiger partial charge is 0.507 e. The molecule has 1 aliphatic heterocycles. The van der Waals surface area contributed by atoms with Crippen LogP contribution in [0.3, 0.4) is 0 Å². The quantitative estimate of drug-likeness (QED) is 0.361. The monoisotopic (exact) mass is 524 g/mol. The number of ether oxygens (including phenoxy) is 1. The van der Waals surface area contributed by atoms with Crippen LogP contribution < -0.4 is 10.5 Å². The third kappa shape index (κ3) is 4.17. The fraction of sp³-hybridized carbons (Fsp3) is 0.500. The molecule has 1 aromatic carbocycles. The van der Waals surface area contributed by atoms with Crippen LogP contribution in [0.2, 0.25) is 0 Å². The molecule has 0 radical (unpaired) electrons. The van der Waals surface area contributed by atoms with Gasteiger partial charge >= 0.3 is 0 Å². The lowest BCUT2D eigenvalue weighted by atomic mass is 9.54. The molecule has 190 valence electrons. The molecule has 1 aromatic heterocycles. The Labute approximate surface area is 221 Å². The van der Waals surface area contributed by atoms with E-state index in [1.54, 1.807) is 25.3 Å². The molecule has 6 nitrogen and oxygen atoms in total. The van der Waals surface area contributed by atoms with Crippen LogP contribution in [0, 0.1) is 23.7 Å². The number of aromatic hydroxyl groups is 1. The summed E-state index contributed by atoms with van der Waals surface area (Å²) in [4.78, 5) is 16.3. The zero-order valence-corrected chi connectivity index (χ0v) is 22.1. The van der Waals surface area contributed by atoms with E-state index in [0.29, 0.717) is 50.4 Å². The lowest BCUT2D eigenvalue weighted by Crippen LogP contribution is -2.57. The third-order valence-corrected chi connectivity index (χ3v) is 9.85. The molecular formula is C28H32N2O4S2. The first-order valence-electron chi connectivity index (χ1n) is 12.9. The van der Waals surface area contributed by atoms with E-state index < -0.39 is 0 Å². The van der Waals surface area contributed by atoms with Gasteiger partial charge in [0, 0.05) is 18.2 Å². The molecule has 0 spiro atoms. The van der Waals surface area contributed by atoms with Crippen molar-refractivity contribution in [1.82, 2.24) is 4.90 Å². The second-order valence-corrected chi connectivity index (χ2v) is 12.4. The highest BCUT2D eigenvalue weighted by Crippen LogP contribution is 2.56. The van der Waals surface area contributed by atoms with Gasteiger partial charge in [-0.2, -0.15) is 0 Å². The van der Waals surface area contributed by atoms with Crippen molar-refractivity contribution in [3.05, 3.63) is 40.5 Å².